The van der Waals surface area contributed by atoms with Crippen molar-refractivity contribution in [3.05, 3.63) is 53.7 Å². The molecule has 3 rings (SSSR count). The molecule has 0 spiro atoms. The number of aromatic nitrogens is 1. The Morgan fingerprint density at radius 3 is 2.79 bits per heavy atom. The molecule has 2 heterocycles. The van der Waals surface area contributed by atoms with Gasteiger partial charge >= 0.3 is 0 Å². The van der Waals surface area contributed by atoms with Crippen molar-refractivity contribution in [2.75, 3.05) is 24.3 Å². The summed E-state index contributed by atoms with van der Waals surface area (Å²) in [6.45, 7) is 2.59. The Morgan fingerprint density at radius 2 is 2.00 bits per heavy atom. The van der Waals surface area contributed by atoms with Gasteiger partial charge in [0, 0.05) is 30.5 Å². The highest BCUT2D eigenvalue weighted by atomic mass is 15.3. The van der Waals surface area contributed by atoms with Gasteiger partial charge < -0.3 is 10.6 Å². The van der Waals surface area contributed by atoms with Crippen molar-refractivity contribution in [3.8, 4) is 0 Å². The molecule has 0 saturated carbocycles. The van der Waals surface area contributed by atoms with Crippen LogP contribution in [0.4, 0.5) is 11.5 Å². The maximum Gasteiger partial charge on any atom is 0.136 e. The SMILES string of the molecule is CN1Cc2c(N)ccnc2N(Cc2ccccc2)C1. The van der Waals surface area contributed by atoms with Crippen LogP contribution in [0.15, 0.2) is 42.6 Å². The zero-order valence-corrected chi connectivity index (χ0v) is 11.1. The van der Waals surface area contributed by atoms with E-state index in [2.05, 4.69) is 46.1 Å². The van der Waals surface area contributed by atoms with Crippen LogP contribution >= 0.6 is 0 Å². The summed E-state index contributed by atoms with van der Waals surface area (Å²) in [4.78, 5) is 9.03. The molecule has 1 aromatic carbocycles. The third-order valence-electron chi connectivity index (χ3n) is 3.43. The van der Waals surface area contributed by atoms with Crippen LogP contribution in [0.1, 0.15) is 11.1 Å². The Kier molecular flexibility index (Phi) is 3.09. The van der Waals surface area contributed by atoms with E-state index < -0.39 is 0 Å². The van der Waals surface area contributed by atoms with E-state index in [1.165, 1.54) is 5.56 Å². The second-order valence-corrected chi connectivity index (χ2v) is 5.04. The van der Waals surface area contributed by atoms with E-state index in [-0.39, 0.29) is 0 Å². The van der Waals surface area contributed by atoms with Crippen LogP contribution in [0.3, 0.4) is 0 Å². The zero-order chi connectivity index (χ0) is 13.2. The van der Waals surface area contributed by atoms with Crippen molar-refractivity contribution < 1.29 is 0 Å². The molecule has 0 atom stereocenters. The lowest BCUT2D eigenvalue weighted by Gasteiger charge is -2.36. The summed E-state index contributed by atoms with van der Waals surface area (Å²) in [7, 11) is 2.10. The van der Waals surface area contributed by atoms with Crippen LogP contribution in [0, 0.1) is 0 Å². The summed E-state index contributed by atoms with van der Waals surface area (Å²) in [5, 5.41) is 0. The van der Waals surface area contributed by atoms with Gasteiger partial charge in [0.05, 0.1) is 6.67 Å². The molecule has 0 radical (unpaired) electrons. The fourth-order valence-corrected chi connectivity index (χ4v) is 2.54. The van der Waals surface area contributed by atoms with Gasteiger partial charge in [0.1, 0.15) is 5.82 Å². The Morgan fingerprint density at radius 1 is 1.21 bits per heavy atom. The summed E-state index contributed by atoms with van der Waals surface area (Å²) in [5.41, 5.74) is 9.31. The van der Waals surface area contributed by atoms with Crippen LogP contribution < -0.4 is 10.6 Å². The van der Waals surface area contributed by atoms with Crippen molar-refractivity contribution in [2.24, 2.45) is 0 Å². The molecular formula is C15H18N4. The highest BCUT2D eigenvalue weighted by molar-refractivity contribution is 5.61. The van der Waals surface area contributed by atoms with Gasteiger partial charge in [-0.1, -0.05) is 30.3 Å². The van der Waals surface area contributed by atoms with E-state index in [9.17, 15) is 0 Å². The third kappa shape index (κ3) is 2.39. The minimum absolute atomic E-state index is 0.828. The number of hydrogen-bond donors (Lipinski definition) is 1. The fourth-order valence-electron chi connectivity index (χ4n) is 2.54. The highest BCUT2D eigenvalue weighted by Crippen LogP contribution is 2.29. The maximum atomic E-state index is 6.07. The first-order valence-electron chi connectivity index (χ1n) is 6.45. The van der Waals surface area contributed by atoms with Gasteiger partial charge in [-0.25, -0.2) is 4.98 Å². The number of hydrogen-bond acceptors (Lipinski definition) is 4. The predicted molar refractivity (Wildman–Crippen MR) is 77.6 cm³/mol. The van der Waals surface area contributed by atoms with E-state index in [1.54, 1.807) is 6.20 Å². The van der Waals surface area contributed by atoms with Crippen molar-refractivity contribution in [1.29, 1.82) is 0 Å². The van der Waals surface area contributed by atoms with E-state index in [0.29, 0.717) is 0 Å². The van der Waals surface area contributed by atoms with Gasteiger partial charge in [0.2, 0.25) is 0 Å². The summed E-state index contributed by atoms with van der Waals surface area (Å²) >= 11 is 0. The number of fused-ring (bicyclic) bond motifs is 1. The van der Waals surface area contributed by atoms with Crippen LogP contribution in [0.2, 0.25) is 0 Å². The standard InChI is InChI=1S/C15H18N4/c1-18-10-13-14(16)7-8-17-15(13)19(11-18)9-12-5-3-2-4-6-12/h2-8H,9-11H2,1H3,(H2,16,17). The van der Waals surface area contributed by atoms with Gasteiger partial charge in [-0.15, -0.1) is 0 Å². The maximum absolute atomic E-state index is 6.07. The van der Waals surface area contributed by atoms with E-state index in [0.717, 1.165) is 36.8 Å². The lowest BCUT2D eigenvalue weighted by Crippen LogP contribution is -2.40. The number of benzene rings is 1. The molecule has 0 unspecified atom stereocenters. The number of nitrogens with two attached hydrogens (primary N) is 1. The van der Waals surface area contributed by atoms with Gasteiger partial charge in [0.15, 0.2) is 0 Å². The number of rotatable bonds is 2. The zero-order valence-electron chi connectivity index (χ0n) is 11.1. The quantitative estimate of drug-likeness (QED) is 0.891. The molecule has 2 N–H and O–H groups in total. The average Bonchev–Trinajstić information content (AvgIpc) is 2.41. The Balaban J connectivity index is 1.93. The third-order valence-corrected chi connectivity index (χ3v) is 3.43. The van der Waals surface area contributed by atoms with Gasteiger partial charge in [-0.2, -0.15) is 0 Å². The summed E-state index contributed by atoms with van der Waals surface area (Å²) in [6, 6.07) is 12.3. The molecule has 2 aromatic rings. The molecule has 0 aliphatic carbocycles. The first-order chi connectivity index (χ1) is 9.24. The monoisotopic (exact) mass is 254 g/mol. The minimum Gasteiger partial charge on any atom is -0.398 e. The average molecular weight is 254 g/mol. The smallest absolute Gasteiger partial charge is 0.136 e. The Bertz CT molecular complexity index is 568. The molecule has 19 heavy (non-hydrogen) atoms. The van der Waals surface area contributed by atoms with Crippen molar-refractivity contribution >= 4 is 11.5 Å². The van der Waals surface area contributed by atoms with Crippen LogP contribution in [-0.4, -0.2) is 23.6 Å². The first kappa shape index (κ1) is 12.0. The molecule has 0 amide bonds. The largest absolute Gasteiger partial charge is 0.398 e. The lowest BCUT2D eigenvalue weighted by molar-refractivity contribution is 0.306. The van der Waals surface area contributed by atoms with Crippen molar-refractivity contribution in [3.63, 3.8) is 0 Å². The van der Waals surface area contributed by atoms with E-state index in [1.807, 2.05) is 12.1 Å². The topological polar surface area (TPSA) is 45.4 Å². The number of anilines is 2. The molecule has 4 heteroatoms. The van der Waals surface area contributed by atoms with E-state index in [4.69, 9.17) is 5.73 Å². The number of nitrogens with zero attached hydrogens (tertiary/aromatic N) is 3. The molecular weight excluding hydrogens is 236 g/mol. The summed E-state index contributed by atoms with van der Waals surface area (Å²) < 4.78 is 0. The van der Waals surface area contributed by atoms with Crippen molar-refractivity contribution in [1.82, 2.24) is 9.88 Å². The van der Waals surface area contributed by atoms with Crippen molar-refractivity contribution in [2.45, 2.75) is 13.1 Å². The van der Waals surface area contributed by atoms with Crippen LogP contribution in [0.25, 0.3) is 0 Å². The number of nitrogen functional groups attached to an aromatic ring is 1. The van der Waals surface area contributed by atoms with Crippen LogP contribution in [0.5, 0.6) is 0 Å². The second-order valence-electron chi connectivity index (χ2n) is 5.04. The molecule has 0 saturated heterocycles. The van der Waals surface area contributed by atoms with Gasteiger partial charge in [0.25, 0.3) is 0 Å². The summed E-state index contributed by atoms with van der Waals surface area (Å²) in [6.07, 6.45) is 1.79. The molecule has 0 fully saturated rings. The van der Waals surface area contributed by atoms with Gasteiger partial charge in [-0.05, 0) is 18.7 Å². The Labute approximate surface area is 113 Å². The highest BCUT2D eigenvalue weighted by Gasteiger charge is 2.23. The molecule has 98 valence electrons. The normalized spacial score (nSPS) is 15.3. The van der Waals surface area contributed by atoms with Crippen LogP contribution in [-0.2, 0) is 13.1 Å². The second kappa shape index (κ2) is 4.90. The minimum atomic E-state index is 0.828. The van der Waals surface area contributed by atoms with Gasteiger partial charge in [-0.3, -0.25) is 4.90 Å². The molecule has 1 aromatic heterocycles. The molecule has 1 aliphatic rings. The number of pyridine rings is 1. The molecule has 0 bridgehead atoms. The molecule has 1 aliphatic heterocycles. The first-order valence-corrected chi connectivity index (χ1v) is 6.45. The Hall–Kier alpha value is -2.07. The van der Waals surface area contributed by atoms with E-state index >= 15 is 0 Å². The fraction of sp³-hybridized carbons (Fsp3) is 0.267. The lowest BCUT2D eigenvalue weighted by atomic mass is 10.1. The molecule has 4 nitrogen and oxygen atoms in total. The predicted octanol–water partition coefficient (Wildman–Crippen LogP) is 2.07. The summed E-state index contributed by atoms with van der Waals surface area (Å²) in [5.74, 6) is 1.02.